The first-order valence-corrected chi connectivity index (χ1v) is 8.62. The molecule has 0 fully saturated rings. The van der Waals surface area contributed by atoms with Crippen molar-refractivity contribution in [2.24, 2.45) is 5.16 Å². The number of ether oxygens (including phenoxy) is 2. The minimum absolute atomic E-state index is 0.0512. The van der Waals surface area contributed by atoms with E-state index < -0.39 is 21.1 Å². The highest BCUT2D eigenvalue weighted by Crippen LogP contribution is 2.29. The molecule has 0 unspecified atom stereocenters. The summed E-state index contributed by atoms with van der Waals surface area (Å²) in [7, 11) is -3.36. The third kappa shape index (κ3) is 4.08. The molecule has 1 amide bonds. The van der Waals surface area contributed by atoms with Gasteiger partial charge in [0.2, 0.25) is 0 Å². The Morgan fingerprint density at radius 2 is 2.17 bits per heavy atom. The third-order valence-electron chi connectivity index (χ3n) is 2.74. The van der Waals surface area contributed by atoms with E-state index in [4.69, 9.17) is 25.5 Å². The van der Waals surface area contributed by atoms with Gasteiger partial charge in [-0.2, -0.15) is 13.5 Å². The predicted molar refractivity (Wildman–Crippen MR) is 82.9 cm³/mol. The smallest absolute Gasteiger partial charge is 0.434 e. The summed E-state index contributed by atoms with van der Waals surface area (Å²) in [6, 6.07) is 4.31. The fourth-order valence-electron chi connectivity index (χ4n) is 1.79. The lowest BCUT2D eigenvalue weighted by Crippen LogP contribution is -2.31. The first kappa shape index (κ1) is 18.3. The van der Waals surface area contributed by atoms with E-state index in [9.17, 15) is 13.2 Å². The minimum atomic E-state index is -4.46. The van der Waals surface area contributed by atoms with Crippen LogP contribution in [0.1, 0.15) is 12.5 Å². The predicted octanol–water partition coefficient (Wildman–Crippen LogP) is 1.76. The van der Waals surface area contributed by atoms with Crippen molar-refractivity contribution in [2.75, 3.05) is 26.9 Å². The van der Waals surface area contributed by atoms with E-state index in [-0.39, 0.29) is 36.3 Å². The highest BCUT2D eigenvalue weighted by molar-refractivity contribution is 7.87. The van der Waals surface area contributed by atoms with Crippen LogP contribution in [0.25, 0.3) is 0 Å². The zero-order chi connectivity index (χ0) is 17.7. The molecule has 24 heavy (non-hydrogen) atoms. The van der Waals surface area contributed by atoms with Crippen molar-refractivity contribution in [3.63, 3.8) is 0 Å². The lowest BCUT2D eigenvalue weighted by molar-refractivity contribution is -0.0207. The summed E-state index contributed by atoms with van der Waals surface area (Å²) >= 11 is 6.01. The van der Waals surface area contributed by atoms with Crippen LogP contribution in [0, 0.1) is 0 Å². The Morgan fingerprint density at radius 1 is 1.42 bits per heavy atom. The summed E-state index contributed by atoms with van der Waals surface area (Å²) in [5.41, 5.74) is 0.0551. The summed E-state index contributed by atoms with van der Waals surface area (Å²) in [5, 5.41) is 4.00. The zero-order valence-corrected chi connectivity index (χ0v) is 14.5. The van der Waals surface area contributed by atoms with Crippen LogP contribution in [0.3, 0.4) is 0 Å². The molecule has 132 valence electrons. The monoisotopic (exact) mass is 378 g/mol. The fraction of sp³-hybridized carbons (Fsp3) is 0.385. The Bertz CT molecular complexity index is 751. The van der Waals surface area contributed by atoms with Crippen molar-refractivity contribution >= 4 is 33.7 Å². The molecule has 1 aliphatic rings. The summed E-state index contributed by atoms with van der Waals surface area (Å²) in [4.78, 5) is 16.0. The van der Waals surface area contributed by atoms with Gasteiger partial charge in [0.1, 0.15) is 11.5 Å². The van der Waals surface area contributed by atoms with Crippen molar-refractivity contribution in [3.05, 3.63) is 28.8 Å². The van der Waals surface area contributed by atoms with Crippen molar-refractivity contribution in [1.82, 2.24) is 5.06 Å². The molecule has 11 heteroatoms. The van der Waals surface area contributed by atoms with Gasteiger partial charge < -0.3 is 14.3 Å². The largest absolute Gasteiger partial charge is 0.471 e. The van der Waals surface area contributed by atoms with Crippen molar-refractivity contribution in [3.8, 4) is 0 Å². The van der Waals surface area contributed by atoms with Crippen LogP contribution in [0.2, 0.25) is 5.02 Å². The van der Waals surface area contributed by atoms with Crippen molar-refractivity contribution < 1.29 is 31.8 Å². The molecule has 0 atom stereocenters. The van der Waals surface area contributed by atoms with Crippen LogP contribution in [-0.2, 0) is 28.7 Å². The van der Waals surface area contributed by atoms with E-state index in [0.717, 1.165) is 7.05 Å². The Labute approximate surface area is 143 Å². The number of hydrogen-bond acceptors (Lipinski definition) is 8. The summed E-state index contributed by atoms with van der Waals surface area (Å²) < 4.78 is 39.7. The van der Waals surface area contributed by atoms with Gasteiger partial charge in [-0.25, -0.2) is 4.79 Å². The van der Waals surface area contributed by atoms with Crippen LogP contribution in [-0.4, -0.2) is 52.3 Å². The molecule has 0 bridgehead atoms. The van der Waals surface area contributed by atoms with Crippen LogP contribution in [0.4, 0.5) is 4.79 Å². The average molecular weight is 379 g/mol. The van der Waals surface area contributed by atoms with Crippen LogP contribution in [0.5, 0.6) is 0 Å². The molecule has 0 saturated carbocycles. The first-order valence-electron chi connectivity index (χ1n) is 6.83. The van der Waals surface area contributed by atoms with Gasteiger partial charge in [0.25, 0.3) is 5.90 Å². The van der Waals surface area contributed by atoms with Crippen LogP contribution >= 0.6 is 11.6 Å². The molecule has 0 spiro atoms. The fourth-order valence-corrected chi connectivity index (χ4v) is 3.41. The molecule has 0 saturated heterocycles. The molecule has 0 aliphatic carbocycles. The molecule has 1 heterocycles. The Hall–Kier alpha value is -2.04. The van der Waals surface area contributed by atoms with Gasteiger partial charge >= 0.3 is 16.2 Å². The van der Waals surface area contributed by atoms with Gasteiger partial charge in [-0.05, 0) is 24.2 Å². The molecule has 0 N–H and O–H groups in total. The molecule has 0 aromatic heterocycles. The Balaban J connectivity index is 2.39. The maximum absolute atomic E-state index is 12.5. The van der Waals surface area contributed by atoms with E-state index in [1.165, 1.54) is 18.2 Å². The third-order valence-corrected chi connectivity index (χ3v) is 4.53. The van der Waals surface area contributed by atoms with Crippen molar-refractivity contribution in [1.29, 1.82) is 0 Å². The number of hydrogen-bond donors (Lipinski definition) is 0. The molecule has 0 radical (unpaired) electrons. The normalized spacial score (nSPS) is 14.2. The number of halogens is 1. The zero-order valence-electron chi connectivity index (χ0n) is 12.9. The number of nitrogens with zero attached hydrogens (tertiary/aromatic N) is 2. The molecular formula is C13H15ClN2O7S. The number of carbonyl (C=O) groups excluding carboxylic acids is 1. The lowest BCUT2D eigenvalue weighted by atomic mass is 10.2. The molecule has 9 nitrogen and oxygen atoms in total. The number of carbonyl (C=O) groups is 1. The Kier molecular flexibility index (Phi) is 5.86. The molecule has 1 aromatic carbocycles. The SMILES string of the molecule is CCOC(=O)N(C)OS(=O)(=O)c1c(Cl)cccc1C1=NOCCO1. The summed E-state index contributed by atoms with van der Waals surface area (Å²) in [5.74, 6) is -0.0512. The van der Waals surface area contributed by atoms with E-state index in [0.29, 0.717) is 5.06 Å². The number of oxime groups is 1. The molecular weight excluding hydrogens is 364 g/mol. The van der Waals surface area contributed by atoms with Gasteiger partial charge in [-0.15, -0.1) is 4.28 Å². The second-order valence-corrected chi connectivity index (χ2v) is 6.29. The van der Waals surface area contributed by atoms with E-state index >= 15 is 0 Å². The maximum atomic E-state index is 12.5. The second kappa shape index (κ2) is 7.69. The van der Waals surface area contributed by atoms with Crippen molar-refractivity contribution in [2.45, 2.75) is 11.8 Å². The number of benzene rings is 1. The van der Waals surface area contributed by atoms with E-state index in [1.54, 1.807) is 6.92 Å². The van der Waals surface area contributed by atoms with Gasteiger partial charge in [0.05, 0.1) is 17.2 Å². The first-order chi connectivity index (χ1) is 11.4. The van der Waals surface area contributed by atoms with E-state index in [1.807, 2.05) is 0 Å². The number of rotatable bonds is 5. The summed E-state index contributed by atoms with van der Waals surface area (Å²) in [6.45, 7) is 2.08. The number of amides is 1. The quantitative estimate of drug-likeness (QED) is 0.719. The highest BCUT2D eigenvalue weighted by atomic mass is 35.5. The average Bonchev–Trinajstić information content (AvgIpc) is 2.55. The standard InChI is InChI=1S/C13H15ClN2O7S/c1-3-20-13(17)16(2)23-24(18,19)11-9(5-4-6-10(11)14)12-15-22-8-7-21-12/h4-6H,3,7-8H2,1-2H3. The molecule has 2 rings (SSSR count). The highest BCUT2D eigenvalue weighted by Gasteiger charge is 2.30. The Morgan fingerprint density at radius 3 is 2.79 bits per heavy atom. The van der Waals surface area contributed by atoms with Gasteiger partial charge in [-0.3, -0.25) is 0 Å². The van der Waals surface area contributed by atoms with Gasteiger partial charge in [-0.1, -0.05) is 17.7 Å². The van der Waals surface area contributed by atoms with Gasteiger partial charge in [0, 0.05) is 7.05 Å². The van der Waals surface area contributed by atoms with Gasteiger partial charge in [0.15, 0.2) is 6.61 Å². The molecule has 1 aromatic rings. The minimum Gasteiger partial charge on any atom is -0.471 e. The van der Waals surface area contributed by atoms with E-state index in [2.05, 4.69) is 9.89 Å². The summed E-state index contributed by atoms with van der Waals surface area (Å²) in [6.07, 6.45) is -0.968. The molecule has 1 aliphatic heterocycles. The second-order valence-electron chi connectivity index (χ2n) is 4.42. The van der Waals surface area contributed by atoms with Crippen LogP contribution < -0.4 is 0 Å². The number of hydroxylamine groups is 2. The topological polar surface area (TPSA) is 104 Å². The lowest BCUT2D eigenvalue weighted by Gasteiger charge is -2.19. The maximum Gasteiger partial charge on any atom is 0.434 e. The van der Waals surface area contributed by atoms with Crippen LogP contribution in [0.15, 0.2) is 28.3 Å².